The molecule has 0 spiro atoms. The molecule has 3 heterocycles. The van der Waals surface area contributed by atoms with Gasteiger partial charge in [0.25, 0.3) is 5.69 Å². The van der Waals surface area contributed by atoms with Gasteiger partial charge < -0.3 is 9.42 Å². The second-order valence-corrected chi connectivity index (χ2v) is 6.82. The van der Waals surface area contributed by atoms with Gasteiger partial charge in [0.1, 0.15) is 12.0 Å². The molecule has 0 saturated carbocycles. The van der Waals surface area contributed by atoms with E-state index in [0.717, 1.165) is 24.9 Å². The summed E-state index contributed by atoms with van der Waals surface area (Å²) in [4.78, 5) is 21.2. The highest BCUT2D eigenvalue weighted by Crippen LogP contribution is 2.30. The van der Waals surface area contributed by atoms with Gasteiger partial charge in [-0.3, -0.25) is 10.1 Å². The van der Waals surface area contributed by atoms with E-state index in [1.54, 1.807) is 18.2 Å². The van der Waals surface area contributed by atoms with Gasteiger partial charge in [-0.2, -0.15) is 4.98 Å². The summed E-state index contributed by atoms with van der Waals surface area (Å²) in [5.74, 6) is 1.92. The Balaban J connectivity index is 1.50. The van der Waals surface area contributed by atoms with Crippen molar-refractivity contribution in [2.24, 2.45) is 0 Å². The van der Waals surface area contributed by atoms with Crippen LogP contribution in [0.3, 0.4) is 0 Å². The minimum atomic E-state index is -0.452. The Bertz CT molecular complexity index is 942. The van der Waals surface area contributed by atoms with Crippen LogP contribution in [0.15, 0.2) is 47.1 Å². The van der Waals surface area contributed by atoms with Crippen LogP contribution in [0.25, 0.3) is 11.4 Å². The van der Waals surface area contributed by atoms with Crippen molar-refractivity contribution in [1.82, 2.24) is 15.1 Å². The SMILES string of the molecule is O=[N+]([O-])c1ccc(N2CCCC(c3nc(-c4ccc(Cl)cc4)no3)C2)nc1. The van der Waals surface area contributed by atoms with Crippen molar-refractivity contribution in [2.45, 2.75) is 18.8 Å². The Morgan fingerprint density at radius 1 is 1.22 bits per heavy atom. The molecule has 1 saturated heterocycles. The van der Waals surface area contributed by atoms with Crippen LogP contribution in [0.1, 0.15) is 24.7 Å². The summed E-state index contributed by atoms with van der Waals surface area (Å²) in [7, 11) is 0. The van der Waals surface area contributed by atoms with Gasteiger partial charge in [0, 0.05) is 29.7 Å². The average Bonchev–Trinajstić information content (AvgIpc) is 3.19. The minimum absolute atomic E-state index is 0.0168. The lowest BCUT2D eigenvalue weighted by atomic mass is 9.98. The number of nitrogens with zero attached hydrogens (tertiary/aromatic N) is 5. The number of benzene rings is 1. The summed E-state index contributed by atoms with van der Waals surface area (Å²) < 4.78 is 5.49. The third kappa shape index (κ3) is 3.75. The number of rotatable bonds is 4. The fourth-order valence-electron chi connectivity index (χ4n) is 3.18. The Morgan fingerprint density at radius 2 is 2.04 bits per heavy atom. The summed E-state index contributed by atoms with van der Waals surface area (Å²) in [5, 5.41) is 15.5. The van der Waals surface area contributed by atoms with E-state index in [2.05, 4.69) is 20.0 Å². The zero-order valence-corrected chi connectivity index (χ0v) is 15.0. The van der Waals surface area contributed by atoms with Crippen LogP contribution in [0.5, 0.6) is 0 Å². The quantitative estimate of drug-likeness (QED) is 0.493. The predicted molar refractivity (Wildman–Crippen MR) is 99.8 cm³/mol. The van der Waals surface area contributed by atoms with Crippen molar-refractivity contribution < 1.29 is 9.45 Å². The number of hydrogen-bond acceptors (Lipinski definition) is 7. The average molecular weight is 386 g/mol. The molecule has 2 aromatic heterocycles. The van der Waals surface area contributed by atoms with Crippen LogP contribution >= 0.6 is 11.6 Å². The van der Waals surface area contributed by atoms with E-state index in [4.69, 9.17) is 16.1 Å². The molecule has 1 atom stereocenters. The van der Waals surface area contributed by atoms with Gasteiger partial charge in [-0.1, -0.05) is 16.8 Å². The van der Waals surface area contributed by atoms with Crippen LogP contribution in [0, 0.1) is 10.1 Å². The van der Waals surface area contributed by atoms with Gasteiger partial charge in [-0.25, -0.2) is 4.98 Å². The molecular formula is C18H16ClN5O3. The van der Waals surface area contributed by atoms with Crippen molar-refractivity contribution in [3.63, 3.8) is 0 Å². The second kappa shape index (κ2) is 7.32. The summed E-state index contributed by atoms with van der Waals surface area (Å²) in [5.41, 5.74) is 0.830. The van der Waals surface area contributed by atoms with Gasteiger partial charge in [-0.15, -0.1) is 0 Å². The lowest BCUT2D eigenvalue weighted by Gasteiger charge is -2.31. The molecule has 8 nitrogen and oxygen atoms in total. The van der Waals surface area contributed by atoms with Crippen LogP contribution in [-0.4, -0.2) is 33.1 Å². The number of anilines is 1. The first-order chi connectivity index (χ1) is 13.1. The maximum atomic E-state index is 10.8. The van der Waals surface area contributed by atoms with Crippen LogP contribution in [0.4, 0.5) is 11.5 Å². The molecule has 0 aliphatic carbocycles. The zero-order chi connectivity index (χ0) is 18.8. The Morgan fingerprint density at radius 3 is 2.74 bits per heavy atom. The third-order valence-electron chi connectivity index (χ3n) is 4.58. The van der Waals surface area contributed by atoms with E-state index in [1.165, 1.54) is 12.3 Å². The maximum absolute atomic E-state index is 10.8. The zero-order valence-electron chi connectivity index (χ0n) is 14.3. The molecule has 27 heavy (non-hydrogen) atoms. The molecule has 3 aromatic rings. The van der Waals surface area contributed by atoms with Gasteiger partial charge in [0.15, 0.2) is 0 Å². The fraction of sp³-hybridized carbons (Fsp3) is 0.278. The van der Waals surface area contributed by atoms with Gasteiger partial charge in [-0.05, 0) is 43.2 Å². The van der Waals surface area contributed by atoms with E-state index in [1.807, 2.05) is 12.1 Å². The van der Waals surface area contributed by atoms with Crippen molar-refractivity contribution in [1.29, 1.82) is 0 Å². The molecule has 9 heteroatoms. The molecule has 1 aliphatic heterocycles. The Labute approximate surface area is 159 Å². The molecule has 1 fully saturated rings. The van der Waals surface area contributed by atoms with Gasteiger partial charge in [0.2, 0.25) is 11.7 Å². The third-order valence-corrected chi connectivity index (χ3v) is 4.83. The number of hydrogen-bond donors (Lipinski definition) is 0. The number of pyridine rings is 1. The predicted octanol–water partition coefficient (Wildman–Crippen LogP) is 4.08. The lowest BCUT2D eigenvalue weighted by Crippen LogP contribution is -2.35. The summed E-state index contributed by atoms with van der Waals surface area (Å²) in [6, 6.07) is 10.4. The molecule has 0 radical (unpaired) electrons. The van der Waals surface area contributed by atoms with Crippen LogP contribution in [-0.2, 0) is 0 Å². The molecule has 0 bridgehead atoms. The molecule has 0 amide bonds. The van der Waals surface area contributed by atoms with E-state index >= 15 is 0 Å². The molecule has 4 rings (SSSR count). The summed E-state index contributed by atoms with van der Waals surface area (Å²) in [6.45, 7) is 1.51. The first kappa shape index (κ1) is 17.4. The first-order valence-electron chi connectivity index (χ1n) is 8.55. The highest BCUT2D eigenvalue weighted by Gasteiger charge is 2.27. The van der Waals surface area contributed by atoms with Gasteiger partial charge >= 0.3 is 0 Å². The van der Waals surface area contributed by atoms with E-state index in [0.29, 0.717) is 29.1 Å². The smallest absolute Gasteiger partial charge is 0.287 e. The molecule has 1 aromatic carbocycles. The fourth-order valence-corrected chi connectivity index (χ4v) is 3.30. The standard InChI is InChI=1S/C18H16ClN5O3/c19-14-5-3-12(4-6-14)17-21-18(27-22-17)13-2-1-9-23(11-13)16-8-7-15(10-20-16)24(25)26/h3-8,10,13H,1-2,9,11H2. The Hall–Kier alpha value is -3.00. The van der Waals surface area contributed by atoms with E-state index < -0.39 is 4.92 Å². The molecule has 1 unspecified atom stereocenters. The second-order valence-electron chi connectivity index (χ2n) is 6.38. The monoisotopic (exact) mass is 385 g/mol. The number of piperidine rings is 1. The lowest BCUT2D eigenvalue weighted by molar-refractivity contribution is -0.385. The van der Waals surface area contributed by atoms with E-state index in [9.17, 15) is 10.1 Å². The van der Waals surface area contributed by atoms with E-state index in [-0.39, 0.29) is 11.6 Å². The summed E-state index contributed by atoms with van der Waals surface area (Å²) in [6.07, 6.45) is 3.16. The van der Waals surface area contributed by atoms with Crippen molar-refractivity contribution >= 4 is 23.1 Å². The summed E-state index contributed by atoms with van der Waals surface area (Å²) >= 11 is 5.91. The number of aromatic nitrogens is 3. The van der Waals surface area contributed by atoms with Crippen LogP contribution < -0.4 is 4.90 Å². The molecule has 0 N–H and O–H groups in total. The molecular weight excluding hydrogens is 370 g/mol. The van der Waals surface area contributed by atoms with Gasteiger partial charge in [0.05, 0.1) is 10.8 Å². The minimum Gasteiger partial charge on any atom is -0.356 e. The van der Waals surface area contributed by atoms with Crippen molar-refractivity contribution in [3.8, 4) is 11.4 Å². The molecule has 138 valence electrons. The Kier molecular flexibility index (Phi) is 4.72. The normalized spacial score (nSPS) is 17.1. The topological polar surface area (TPSA) is 98.2 Å². The maximum Gasteiger partial charge on any atom is 0.287 e. The van der Waals surface area contributed by atoms with Crippen molar-refractivity contribution in [3.05, 3.63) is 63.6 Å². The molecule has 1 aliphatic rings. The number of nitro groups is 1. The highest BCUT2D eigenvalue weighted by atomic mass is 35.5. The first-order valence-corrected chi connectivity index (χ1v) is 8.93. The largest absolute Gasteiger partial charge is 0.356 e. The number of halogens is 1. The highest BCUT2D eigenvalue weighted by molar-refractivity contribution is 6.30. The van der Waals surface area contributed by atoms with Crippen molar-refractivity contribution in [2.75, 3.05) is 18.0 Å². The van der Waals surface area contributed by atoms with Crippen LogP contribution in [0.2, 0.25) is 5.02 Å².